The summed E-state index contributed by atoms with van der Waals surface area (Å²) < 4.78 is 0. The molecule has 0 heterocycles. The van der Waals surface area contributed by atoms with Crippen molar-refractivity contribution in [2.75, 3.05) is 26.8 Å². The van der Waals surface area contributed by atoms with Gasteiger partial charge in [0.2, 0.25) is 5.91 Å². The van der Waals surface area contributed by atoms with Crippen LogP contribution in [0.25, 0.3) is 10.8 Å². The van der Waals surface area contributed by atoms with Crippen LogP contribution in [0.5, 0.6) is 0 Å². The zero-order valence-electron chi connectivity index (χ0n) is 13.1. The molecular weight excluding hydrogens is 278 g/mol. The van der Waals surface area contributed by atoms with E-state index < -0.39 is 5.41 Å². The van der Waals surface area contributed by atoms with Gasteiger partial charge >= 0.3 is 0 Å². The van der Waals surface area contributed by atoms with Crippen LogP contribution < -0.4 is 0 Å². The van der Waals surface area contributed by atoms with Crippen molar-refractivity contribution in [2.45, 2.75) is 13.3 Å². The molecule has 0 spiro atoms. The van der Waals surface area contributed by atoms with E-state index in [2.05, 4.69) is 0 Å². The number of benzene rings is 2. The molecule has 0 aromatic heterocycles. The molecule has 2 rings (SSSR count). The van der Waals surface area contributed by atoms with Crippen LogP contribution >= 0.6 is 0 Å². The molecule has 22 heavy (non-hydrogen) atoms. The standard InChI is InChI=1S/C18H23NO3/c1-18(12-20,13-21)11-19(2)17(22)10-15-8-5-7-14-6-3-4-9-16(14)15/h3-9,20-21H,10-13H2,1-2H3. The van der Waals surface area contributed by atoms with Crippen molar-refractivity contribution in [3.63, 3.8) is 0 Å². The van der Waals surface area contributed by atoms with Crippen molar-refractivity contribution in [1.29, 1.82) is 0 Å². The van der Waals surface area contributed by atoms with Crippen molar-refractivity contribution in [1.82, 2.24) is 4.90 Å². The Hall–Kier alpha value is -1.91. The number of hydrogen-bond acceptors (Lipinski definition) is 3. The number of amides is 1. The van der Waals surface area contributed by atoms with Gasteiger partial charge in [-0.05, 0) is 16.3 Å². The highest BCUT2D eigenvalue weighted by molar-refractivity contribution is 5.90. The number of nitrogens with zero attached hydrogens (tertiary/aromatic N) is 1. The Morgan fingerprint density at radius 3 is 2.41 bits per heavy atom. The second-order valence-corrected chi connectivity index (χ2v) is 6.19. The fourth-order valence-corrected chi connectivity index (χ4v) is 2.56. The molecule has 2 aromatic rings. The topological polar surface area (TPSA) is 60.8 Å². The van der Waals surface area contributed by atoms with Gasteiger partial charge < -0.3 is 15.1 Å². The van der Waals surface area contributed by atoms with Crippen molar-refractivity contribution in [2.24, 2.45) is 5.41 Å². The largest absolute Gasteiger partial charge is 0.396 e. The SMILES string of the molecule is CN(CC(C)(CO)CO)C(=O)Cc1cccc2ccccc12. The number of carbonyl (C=O) groups excluding carboxylic acids is 1. The summed E-state index contributed by atoms with van der Waals surface area (Å²) in [6.45, 7) is 1.77. The van der Waals surface area contributed by atoms with Gasteiger partial charge in [0.05, 0.1) is 19.6 Å². The number of rotatable bonds is 6. The molecule has 0 saturated carbocycles. The van der Waals surface area contributed by atoms with Crippen LogP contribution in [0.2, 0.25) is 0 Å². The number of carbonyl (C=O) groups is 1. The molecule has 0 saturated heterocycles. The third-order valence-electron chi connectivity index (χ3n) is 4.03. The van der Waals surface area contributed by atoms with Crippen LogP contribution in [0.3, 0.4) is 0 Å². The Morgan fingerprint density at radius 1 is 1.09 bits per heavy atom. The van der Waals surface area contributed by atoms with Gasteiger partial charge in [-0.3, -0.25) is 4.79 Å². The summed E-state index contributed by atoms with van der Waals surface area (Å²) in [5.41, 5.74) is 0.313. The maximum absolute atomic E-state index is 12.4. The van der Waals surface area contributed by atoms with Crippen molar-refractivity contribution in [3.8, 4) is 0 Å². The van der Waals surface area contributed by atoms with E-state index in [1.165, 1.54) is 0 Å². The first kappa shape index (κ1) is 16.5. The molecule has 0 unspecified atom stereocenters. The molecule has 4 heteroatoms. The molecule has 0 atom stereocenters. The molecule has 118 valence electrons. The summed E-state index contributed by atoms with van der Waals surface area (Å²) in [4.78, 5) is 14.0. The summed E-state index contributed by atoms with van der Waals surface area (Å²) in [6, 6.07) is 13.9. The number of aliphatic hydroxyl groups excluding tert-OH is 2. The number of hydrogen-bond donors (Lipinski definition) is 2. The average Bonchev–Trinajstić information content (AvgIpc) is 2.55. The predicted octanol–water partition coefficient (Wildman–Crippen LogP) is 1.83. The fraction of sp³-hybridized carbons (Fsp3) is 0.389. The van der Waals surface area contributed by atoms with Gasteiger partial charge in [-0.1, -0.05) is 49.4 Å². The molecule has 2 N–H and O–H groups in total. The lowest BCUT2D eigenvalue weighted by Gasteiger charge is -2.30. The molecule has 0 fully saturated rings. The van der Waals surface area contributed by atoms with E-state index in [4.69, 9.17) is 0 Å². The lowest BCUT2D eigenvalue weighted by molar-refractivity contribution is -0.131. The Labute approximate surface area is 131 Å². The summed E-state index contributed by atoms with van der Waals surface area (Å²) >= 11 is 0. The van der Waals surface area contributed by atoms with Gasteiger partial charge in [0.1, 0.15) is 0 Å². The molecule has 1 amide bonds. The molecule has 0 aliphatic carbocycles. The van der Waals surface area contributed by atoms with Crippen molar-refractivity contribution >= 4 is 16.7 Å². The Kier molecular flexibility index (Phi) is 5.16. The first-order chi connectivity index (χ1) is 10.5. The minimum atomic E-state index is -0.677. The third kappa shape index (κ3) is 3.64. The number of fused-ring (bicyclic) bond motifs is 1. The summed E-state index contributed by atoms with van der Waals surface area (Å²) in [5.74, 6) is -0.0236. The van der Waals surface area contributed by atoms with Gasteiger partial charge in [-0.25, -0.2) is 0 Å². The highest BCUT2D eigenvalue weighted by Crippen LogP contribution is 2.20. The Balaban J connectivity index is 2.14. The van der Waals surface area contributed by atoms with Gasteiger partial charge in [-0.15, -0.1) is 0 Å². The van der Waals surface area contributed by atoms with Crippen LogP contribution in [0.4, 0.5) is 0 Å². The van der Waals surface area contributed by atoms with E-state index in [1.807, 2.05) is 42.5 Å². The maximum atomic E-state index is 12.4. The molecule has 4 nitrogen and oxygen atoms in total. The zero-order valence-corrected chi connectivity index (χ0v) is 13.1. The van der Waals surface area contributed by atoms with Gasteiger partial charge in [-0.2, -0.15) is 0 Å². The second-order valence-electron chi connectivity index (χ2n) is 6.19. The summed E-state index contributed by atoms with van der Waals surface area (Å²) in [6.07, 6.45) is 0.310. The average molecular weight is 301 g/mol. The van der Waals surface area contributed by atoms with Crippen LogP contribution in [0.15, 0.2) is 42.5 Å². The smallest absolute Gasteiger partial charge is 0.226 e. The van der Waals surface area contributed by atoms with Gasteiger partial charge in [0.15, 0.2) is 0 Å². The highest BCUT2D eigenvalue weighted by Gasteiger charge is 2.26. The van der Waals surface area contributed by atoms with E-state index in [0.717, 1.165) is 16.3 Å². The number of aliphatic hydroxyl groups is 2. The van der Waals surface area contributed by atoms with Crippen molar-refractivity contribution < 1.29 is 15.0 Å². The first-order valence-corrected chi connectivity index (χ1v) is 7.41. The van der Waals surface area contributed by atoms with E-state index >= 15 is 0 Å². The fourth-order valence-electron chi connectivity index (χ4n) is 2.56. The van der Waals surface area contributed by atoms with Crippen LogP contribution in [-0.2, 0) is 11.2 Å². The Bertz CT molecular complexity index is 644. The second kappa shape index (κ2) is 6.90. The summed E-state index contributed by atoms with van der Waals surface area (Å²) in [7, 11) is 1.71. The normalized spacial score (nSPS) is 11.6. The summed E-state index contributed by atoms with van der Waals surface area (Å²) in [5, 5.41) is 20.9. The van der Waals surface area contributed by atoms with Gasteiger partial charge in [0, 0.05) is 19.0 Å². The molecule has 0 radical (unpaired) electrons. The molecule has 0 aliphatic heterocycles. The van der Waals surface area contributed by atoms with Crippen LogP contribution in [-0.4, -0.2) is 47.8 Å². The van der Waals surface area contributed by atoms with Crippen LogP contribution in [0, 0.1) is 5.41 Å². The lowest BCUT2D eigenvalue weighted by atomic mass is 9.92. The van der Waals surface area contributed by atoms with Crippen molar-refractivity contribution in [3.05, 3.63) is 48.0 Å². The first-order valence-electron chi connectivity index (χ1n) is 7.41. The Morgan fingerprint density at radius 2 is 1.73 bits per heavy atom. The van der Waals surface area contributed by atoms with Gasteiger partial charge in [0.25, 0.3) is 0 Å². The van der Waals surface area contributed by atoms with E-state index in [0.29, 0.717) is 13.0 Å². The van der Waals surface area contributed by atoms with Crippen LogP contribution in [0.1, 0.15) is 12.5 Å². The molecule has 2 aromatic carbocycles. The monoisotopic (exact) mass is 301 g/mol. The zero-order chi connectivity index (χ0) is 16.2. The minimum absolute atomic E-state index is 0.0236. The number of likely N-dealkylation sites (N-methyl/N-ethyl adjacent to an activating group) is 1. The van der Waals surface area contributed by atoms with E-state index in [1.54, 1.807) is 18.9 Å². The molecular formula is C18H23NO3. The molecule has 0 aliphatic rings. The quantitative estimate of drug-likeness (QED) is 0.856. The predicted molar refractivity (Wildman–Crippen MR) is 87.6 cm³/mol. The van der Waals surface area contributed by atoms with E-state index in [-0.39, 0.29) is 19.1 Å². The third-order valence-corrected chi connectivity index (χ3v) is 4.03. The highest BCUT2D eigenvalue weighted by atomic mass is 16.3. The minimum Gasteiger partial charge on any atom is -0.396 e. The van der Waals surface area contributed by atoms with E-state index in [9.17, 15) is 15.0 Å². The molecule has 0 bridgehead atoms. The lowest BCUT2D eigenvalue weighted by Crippen LogP contribution is -2.42. The maximum Gasteiger partial charge on any atom is 0.226 e.